The molecular formula is C14H17N5O2S. The van der Waals surface area contributed by atoms with E-state index >= 15 is 0 Å². The van der Waals surface area contributed by atoms with Gasteiger partial charge >= 0.3 is 6.03 Å². The Hall–Kier alpha value is -2.35. The van der Waals surface area contributed by atoms with Crippen molar-refractivity contribution in [2.45, 2.75) is 24.3 Å². The van der Waals surface area contributed by atoms with Crippen molar-refractivity contribution < 1.29 is 9.59 Å². The van der Waals surface area contributed by atoms with Gasteiger partial charge in [0.25, 0.3) is 0 Å². The molecule has 0 aliphatic heterocycles. The van der Waals surface area contributed by atoms with Crippen LogP contribution in [-0.2, 0) is 11.8 Å². The van der Waals surface area contributed by atoms with Gasteiger partial charge in [0.2, 0.25) is 5.91 Å². The van der Waals surface area contributed by atoms with Crippen LogP contribution in [-0.4, -0.2) is 32.0 Å². The molecule has 0 fully saturated rings. The molecule has 7 nitrogen and oxygen atoms in total. The molecular weight excluding hydrogens is 302 g/mol. The Morgan fingerprint density at radius 3 is 2.64 bits per heavy atom. The van der Waals surface area contributed by atoms with E-state index in [9.17, 15) is 9.59 Å². The lowest BCUT2D eigenvalue weighted by molar-refractivity contribution is -0.119. The summed E-state index contributed by atoms with van der Waals surface area (Å²) in [7, 11) is 1.84. The smallest absolute Gasteiger partial charge is 0.318 e. The number of rotatable bonds is 4. The molecule has 0 saturated heterocycles. The Labute approximate surface area is 132 Å². The quantitative estimate of drug-likeness (QED) is 0.831. The molecule has 22 heavy (non-hydrogen) atoms. The Kier molecular flexibility index (Phi) is 4.81. The Morgan fingerprint density at radius 2 is 2.00 bits per heavy atom. The minimum absolute atomic E-state index is 0.460. The van der Waals surface area contributed by atoms with Crippen LogP contribution in [0.4, 0.5) is 4.79 Å². The van der Waals surface area contributed by atoms with E-state index in [2.05, 4.69) is 15.5 Å². The highest BCUT2D eigenvalue weighted by atomic mass is 32.2. The van der Waals surface area contributed by atoms with Crippen molar-refractivity contribution in [1.29, 1.82) is 0 Å². The molecule has 1 aromatic carbocycles. The van der Waals surface area contributed by atoms with Gasteiger partial charge in [0.05, 0.1) is 5.25 Å². The number of urea groups is 1. The van der Waals surface area contributed by atoms with Crippen LogP contribution >= 0.6 is 11.8 Å². The third kappa shape index (κ3) is 3.45. The number of hydrogen-bond acceptors (Lipinski definition) is 5. The summed E-state index contributed by atoms with van der Waals surface area (Å²) in [6.07, 6.45) is 0. The average Bonchev–Trinajstić information content (AvgIpc) is 2.80. The van der Waals surface area contributed by atoms with Crippen LogP contribution in [0.25, 0.3) is 11.4 Å². The van der Waals surface area contributed by atoms with Crippen LogP contribution in [0.1, 0.15) is 12.5 Å². The molecule has 3 N–H and O–H groups in total. The molecule has 116 valence electrons. The van der Waals surface area contributed by atoms with Crippen molar-refractivity contribution in [1.82, 2.24) is 20.1 Å². The minimum atomic E-state index is -0.865. The first-order valence-electron chi connectivity index (χ1n) is 6.62. The maximum atomic E-state index is 11.7. The number of aryl methyl sites for hydroxylation is 1. The van der Waals surface area contributed by atoms with Crippen molar-refractivity contribution in [2.75, 3.05) is 0 Å². The molecule has 0 aliphatic rings. The number of imide groups is 1. The second-order valence-electron chi connectivity index (χ2n) is 4.79. The van der Waals surface area contributed by atoms with E-state index in [-0.39, 0.29) is 0 Å². The van der Waals surface area contributed by atoms with Crippen LogP contribution in [0.15, 0.2) is 29.4 Å². The van der Waals surface area contributed by atoms with Gasteiger partial charge in [0, 0.05) is 12.6 Å². The third-order valence-electron chi connectivity index (χ3n) is 3.12. The summed E-state index contributed by atoms with van der Waals surface area (Å²) in [4.78, 5) is 22.4. The molecule has 1 heterocycles. The highest BCUT2D eigenvalue weighted by Gasteiger charge is 2.20. The van der Waals surface area contributed by atoms with E-state index in [0.717, 1.165) is 17.0 Å². The van der Waals surface area contributed by atoms with Crippen LogP contribution in [0.5, 0.6) is 0 Å². The number of benzene rings is 1. The maximum absolute atomic E-state index is 11.7. The van der Waals surface area contributed by atoms with Gasteiger partial charge in [-0.05, 0) is 19.4 Å². The van der Waals surface area contributed by atoms with Crippen LogP contribution in [0.2, 0.25) is 0 Å². The number of carbonyl (C=O) groups is 2. The number of aromatic nitrogens is 3. The minimum Gasteiger partial charge on any atom is -0.351 e. The van der Waals surface area contributed by atoms with Gasteiger partial charge in [-0.3, -0.25) is 10.1 Å². The highest BCUT2D eigenvalue weighted by Crippen LogP contribution is 2.27. The van der Waals surface area contributed by atoms with Crippen molar-refractivity contribution in [3.8, 4) is 11.4 Å². The summed E-state index contributed by atoms with van der Waals surface area (Å²) in [5.41, 5.74) is 7.01. The number of nitrogens with one attached hydrogen (secondary N) is 1. The first-order chi connectivity index (χ1) is 10.4. The van der Waals surface area contributed by atoms with E-state index in [1.54, 1.807) is 6.92 Å². The summed E-state index contributed by atoms with van der Waals surface area (Å²) in [6, 6.07) is 7.00. The average molecular weight is 319 g/mol. The summed E-state index contributed by atoms with van der Waals surface area (Å²) < 4.78 is 1.82. The van der Waals surface area contributed by atoms with Gasteiger partial charge in [-0.1, -0.05) is 36.0 Å². The van der Waals surface area contributed by atoms with E-state index in [1.165, 1.54) is 11.8 Å². The summed E-state index contributed by atoms with van der Waals surface area (Å²) in [5.74, 6) is 0.265. The SMILES string of the molecule is Cc1ccccc1-c1nnc(SC(C)C(=O)NC(N)=O)n1C. The first-order valence-corrected chi connectivity index (χ1v) is 7.50. The molecule has 1 aromatic heterocycles. The lowest BCUT2D eigenvalue weighted by atomic mass is 10.1. The van der Waals surface area contributed by atoms with Gasteiger partial charge in [0.15, 0.2) is 11.0 Å². The molecule has 3 amide bonds. The Bertz CT molecular complexity index is 713. The fourth-order valence-electron chi connectivity index (χ4n) is 1.91. The Morgan fingerprint density at radius 1 is 1.32 bits per heavy atom. The standard InChI is InChI=1S/C14H17N5O2S/c1-8-6-4-5-7-10(8)11-17-18-14(19(11)3)22-9(2)12(20)16-13(15)21/h4-7,9H,1-3H3,(H3,15,16,20,21). The largest absolute Gasteiger partial charge is 0.351 e. The molecule has 1 atom stereocenters. The van der Waals surface area contributed by atoms with Crippen molar-refractivity contribution >= 4 is 23.7 Å². The van der Waals surface area contributed by atoms with Gasteiger partial charge in [0.1, 0.15) is 0 Å². The van der Waals surface area contributed by atoms with E-state index in [1.807, 2.05) is 42.8 Å². The molecule has 8 heteroatoms. The predicted molar refractivity (Wildman–Crippen MR) is 84.2 cm³/mol. The van der Waals surface area contributed by atoms with Gasteiger partial charge in [-0.15, -0.1) is 10.2 Å². The Balaban J connectivity index is 2.20. The number of amides is 3. The summed E-state index contributed by atoms with van der Waals surface area (Å²) in [5, 5.41) is 10.4. The third-order valence-corrected chi connectivity index (χ3v) is 4.25. The fourth-order valence-corrected chi connectivity index (χ4v) is 2.73. The van der Waals surface area contributed by atoms with Gasteiger partial charge in [-0.25, -0.2) is 4.79 Å². The second-order valence-corrected chi connectivity index (χ2v) is 6.10. The number of nitrogens with two attached hydrogens (primary N) is 1. The van der Waals surface area contributed by atoms with E-state index in [4.69, 9.17) is 5.73 Å². The monoisotopic (exact) mass is 319 g/mol. The molecule has 2 aromatic rings. The predicted octanol–water partition coefficient (Wildman–Crippen LogP) is 1.47. The van der Waals surface area contributed by atoms with Gasteiger partial charge in [-0.2, -0.15) is 0 Å². The van der Waals surface area contributed by atoms with Crippen LogP contribution in [0.3, 0.4) is 0 Å². The normalized spacial score (nSPS) is 12.0. The molecule has 0 bridgehead atoms. The number of nitrogens with zero attached hydrogens (tertiary/aromatic N) is 3. The molecule has 0 aliphatic carbocycles. The van der Waals surface area contributed by atoms with Crippen LogP contribution in [0, 0.1) is 6.92 Å². The lowest BCUT2D eigenvalue weighted by Gasteiger charge is -2.10. The second kappa shape index (κ2) is 6.61. The molecule has 0 saturated carbocycles. The fraction of sp³-hybridized carbons (Fsp3) is 0.286. The lowest BCUT2D eigenvalue weighted by Crippen LogP contribution is -2.39. The summed E-state index contributed by atoms with van der Waals surface area (Å²) >= 11 is 1.21. The molecule has 0 radical (unpaired) electrons. The van der Waals surface area contributed by atoms with Crippen molar-refractivity contribution in [3.63, 3.8) is 0 Å². The van der Waals surface area contributed by atoms with Crippen LogP contribution < -0.4 is 11.1 Å². The maximum Gasteiger partial charge on any atom is 0.318 e. The van der Waals surface area contributed by atoms with Crippen molar-refractivity contribution in [3.05, 3.63) is 29.8 Å². The molecule has 1 unspecified atom stereocenters. The number of thioether (sulfide) groups is 1. The van der Waals surface area contributed by atoms with E-state index in [0.29, 0.717) is 5.16 Å². The van der Waals surface area contributed by atoms with Crippen molar-refractivity contribution in [2.24, 2.45) is 12.8 Å². The zero-order valence-corrected chi connectivity index (χ0v) is 13.3. The van der Waals surface area contributed by atoms with E-state index < -0.39 is 17.2 Å². The number of primary amides is 1. The number of carbonyl (C=O) groups excluding carboxylic acids is 2. The number of hydrogen-bond donors (Lipinski definition) is 2. The molecule has 0 spiro atoms. The highest BCUT2D eigenvalue weighted by molar-refractivity contribution is 8.00. The molecule has 2 rings (SSSR count). The topological polar surface area (TPSA) is 103 Å². The summed E-state index contributed by atoms with van der Waals surface area (Å²) in [6.45, 7) is 3.67. The zero-order chi connectivity index (χ0) is 16.3. The van der Waals surface area contributed by atoms with Gasteiger partial charge < -0.3 is 10.3 Å². The first kappa shape index (κ1) is 16.0. The zero-order valence-electron chi connectivity index (χ0n) is 12.5.